The lowest BCUT2D eigenvalue weighted by atomic mass is 10.2. The summed E-state index contributed by atoms with van der Waals surface area (Å²) in [6.07, 6.45) is 0.636. The first-order valence-electron chi connectivity index (χ1n) is 5.44. The third kappa shape index (κ3) is 4.99. The Morgan fingerprint density at radius 2 is 2.33 bits per heavy atom. The van der Waals surface area contributed by atoms with Gasteiger partial charge in [0, 0.05) is 19.2 Å². The van der Waals surface area contributed by atoms with Crippen LogP contribution in [0.4, 0.5) is 0 Å². The lowest BCUT2D eigenvalue weighted by Crippen LogP contribution is -2.27. The second-order valence-electron chi connectivity index (χ2n) is 3.76. The number of amides is 1. The number of benzene rings is 1. The molecule has 0 aliphatic rings. The van der Waals surface area contributed by atoms with Crippen LogP contribution in [0.3, 0.4) is 0 Å². The number of hydrogen-bond donors (Lipinski definition) is 2. The third-order valence-corrected chi connectivity index (χ3v) is 3.56. The smallest absolute Gasteiger partial charge is 0.251 e. The molecule has 0 bridgehead atoms. The van der Waals surface area contributed by atoms with Gasteiger partial charge in [0.05, 0.1) is 15.6 Å². The van der Waals surface area contributed by atoms with Crippen LogP contribution in [0.2, 0.25) is 0 Å². The van der Waals surface area contributed by atoms with Crippen LogP contribution in [0.5, 0.6) is 5.75 Å². The van der Waals surface area contributed by atoms with Crippen LogP contribution in [0.1, 0.15) is 16.8 Å². The summed E-state index contributed by atoms with van der Waals surface area (Å²) in [7, 11) is 1.59. The molecule has 4 nitrogen and oxygen atoms in total. The Hall–Kier alpha value is -0.530. The molecule has 1 atom stereocenters. The fourth-order valence-corrected chi connectivity index (χ4v) is 1.93. The van der Waals surface area contributed by atoms with E-state index < -0.39 is 0 Å². The molecule has 0 aliphatic heterocycles. The number of rotatable bonds is 6. The number of alkyl halides is 1. The molecule has 2 N–H and O–H groups in total. The van der Waals surface area contributed by atoms with E-state index in [1.807, 2.05) is 22.6 Å². The summed E-state index contributed by atoms with van der Waals surface area (Å²) in [6, 6.07) is 4.81. The molecule has 0 fully saturated rings. The zero-order valence-corrected chi connectivity index (χ0v) is 12.9. The van der Waals surface area contributed by atoms with E-state index in [0.717, 1.165) is 0 Å². The van der Waals surface area contributed by atoms with Crippen molar-refractivity contribution < 1.29 is 14.6 Å². The van der Waals surface area contributed by atoms with Crippen LogP contribution in [0.15, 0.2) is 18.2 Å². The minimum atomic E-state index is -0.219. The van der Waals surface area contributed by atoms with Gasteiger partial charge in [-0.2, -0.15) is 0 Å². The van der Waals surface area contributed by atoms with Crippen LogP contribution >= 0.6 is 34.2 Å². The minimum absolute atomic E-state index is 0.109. The molecule has 100 valence electrons. The molecule has 0 radical (unpaired) electrons. The van der Waals surface area contributed by atoms with Crippen molar-refractivity contribution in [3.05, 3.63) is 27.3 Å². The zero-order chi connectivity index (χ0) is 13.5. The number of phenolic OH excluding ortho intramolecular Hbond substituents is 1. The number of nitrogens with one attached hydrogen (secondary N) is 1. The van der Waals surface area contributed by atoms with Crippen molar-refractivity contribution in [2.24, 2.45) is 0 Å². The van der Waals surface area contributed by atoms with Crippen LogP contribution in [-0.4, -0.2) is 36.7 Å². The maximum absolute atomic E-state index is 11.7. The molecule has 0 spiro atoms. The summed E-state index contributed by atoms with van der Waals surface area (Å²) in [5, 5.41) is 12.1. The summed E-state index contributed by atoms with van der Waals surface area (Å²) in [6.45, 7) is 0.935. The van der Waals surface area contributed by atoms with Crippen molar-refractivity contribution in [2.75, 3.05) is 20.3 Å². The van der Waals surface area contributed by atoms with Crippen LogP contribution in [-0.2, 0) is 4.74 Å². The molecule has 0 aromatic heterocycles. The Kier molecular flexibility index (Phi) is 6.73. The lowest BCUT2D eigenvalue weighted by Gasteiger charge is -2.09. The number of phenols is 1. The Balaban J connectivity index is 2.43. The van der Waals surface area contributed by atoms with Crippen molar-refractivity contribution in [3.8, 4) is 5.75 Å². The van der Waals surface area contributed by atoms with E-state index in [1.165, 1.54) is 6.07 Å². The topological polar surface area (TPSA) is 58.6 Å². The number of ether oxygens (including phenoxy) is 1. The monoisotopic (exact) mass is 383 g/mol. The Bertz CT molecular complexity index is 414. The fourth-order valence-electron chi connectivity index (χ4n) is 1.36. The normalized spacial score (nSPS) is 12.2. The van der Waals surface area contributed by atoms with Gasteiger partial charge in [0.1, 0.15) is 5.75 Å². The molecular weight excluding hydrogens is 368 g/mol. The zero-order valence-electron chi connectivity index (χ0n) is 9.95. The molecule has 1 aromatic carbocycles. The minimum Gasteiger partial charge on any atom is -0.507 e. The van der Waals surface area contributed by atoms with Crippen molar-refractivity contribution in [1.82, 2.24) is 5.32 Å². The molecule has 18 heavy (non-hydrogen) atoms. The maximum atomic E-state index is 11.7. The molecule has 0 saturated heterocycles. The number of halogens is 2. The van der Waals surface area contributed by atoms with Gasteiger partial charge in [-0.05, 0) is 47.2 Å². The van der Waals surface area contributed by atoms with Crippen LogP contribution in [0, 0.1) is 3.57 Å². The van der Waals surface area contributed by atoms with Gasteiger partial charge >= 0.3 is 0 Å². The van der Waals surface area contributed by atoms with Crippen LogP contribution in [0.25, 0.3) is 0 Å². The molecule has 1 rings (SSSR count). The van der Waals surface area contributed by atoms with Crippen LogP contribution < -0.4 is 5.32 Å². The predicted molar refractivity (Wildman–Crippen MR) is 79.3 cm³/mol. The van der Waals surface area contributed by atoms with Gasteiger partial charge in [0.25, 0.3) is 5.91 Å². The molecule has 0 saturated carbocycles. The van der Waals surface area contributed by atoms with Crippen molar-refractivity contribution >= 4 is 40.1 Å². The summed E-state index contributed by atoms with van der Waals surface area (Å²) in [5.41, 5.74) is 0.436. The number of aromatic hydroxyl groups is 1. The Labute approximate surface area is 125 Å². The summed E-state index contributed by atoms with van der Waals surface area (Å²) in [5.74, 6) is -0.110. The van der Waals surface area contributed by atoms with E-state index in [0.29, 0.717) is 28.7 Å². The van der Waals surface area contributed by atoms with Gasteiger partial charge in [-0.1, -0.05) is 0 Å². The number of carbonyl (C=O) groups is 1. The first-order chi connectivity index (χ1) is 8.54. The van der Waals surface area contributed by atoms with E-state index in [-0.39, 0.29) is 17.0 Å². The molecule has 0 heterocycles. The highest BCUT2D eigenvalue weighted by Crippen LogP contribution is 2.20. The SMILES string of the molecule is COCC(Cl)CCNC(=O)c1ccc(I)c(O)c1. The Morgan fingerprint density at radius 3 is 2.94 bits per heavy atom. The number of carbonyl (C=O) groups excluding carboxylic acids is 1. The highest BCUT2D eigenvalue weighted by molar-refractivity contribution is 14.1. The van der Waals surface area contributed by atoms with Gasteiger partial charge in [0.2, 0.25) is 0 Å². The Morgan fingerprint density at radius 1 is 1.61 bits per heavy atom. The van der Waals surface area contributed by atoms with E-state index in [1.54, 1.807) is 19.2 Å². The fraction of sp³-hybridized carbons (Fsp3) is 0.417. The third-order valence-electron chi connectivity index (χ3n) is 2.30. The molecule has 1 unspecified atom stereocenters. The first-order valence-corrected chi connectivity index (χ1v) is 6.96. The summed E-state index contributed by atoms with van der Waals surface area (Å²) < 4.78 is 5.61. The van der Waals surface area contributed by atoms with E-state index in [2.05, 4.69) is 5.32 Å². The number of methoxy groups -OCH3 is 1. The highest BCUT2D eigenvalue weighted by atomic mass is 127. The van der Waals surface area contributed by atoms with Gasteiger partial charge < -0.3 is 15.2 Å². The standard InChI is InChI=1S/C12H15ClINO3/c1-18-7-9(13)4-5-15-12(17)8-2-3-10(14)11(16)6-8/h2-3,6,9,16H,4-5,7H2,1H3,(H,15,17). The lowest BCUT2D eigenvalue weighted by molar-refractivity contribution is 0.0951. The molecule has 1 amide bonds. The molecular formula is C12H15ClINO3. The average molecular weight is 384 g/mol. The van der Waals surface area contributed by atoms with Gasteiger partial charge in [-0.3, -0.25) is 4.79 Å². The van der Waals surface area contributed by atoms with Gasteiger partial charge in [-0.25, -0.2) is 0 Å². The summed E-state index contributed by atoms with van der Waals surface area (Å²) in [4.78, 5) is 11.7. The molecule has 1 aromatic rings. The maximum Gasteiger partial charge on any atom is 0.251 e. The second-order valence-corrected chi connectivity index (χ2v) is 5.54. The quantitative estimate of drug-likeness (QED) is 0.586. The highest BCUT2D eigenvalue weighted by Gasteiger charge is 2.09. The van der Waals surface area contributed by atoms with E-state index in [9.17, 15) is 9.90 Å². The van der Waals surface area contributed by atoms with Crippen molar-refractivity contribution in [1.29, 1.82) is 0 Å². The summed E-state index contributed by atoms with van der Waals surface area (Å²) >= 11 is 7.94. The first kappa shape index (κ1) is 15.5. The average Bonchev–Trinajstić information content (AvgIpc) is 2.33. The van der Waals surface area contributed by atoms with Crippen molar-refractivity contribution in [2.45, 2.75) is 11.8 Å². The predicted octanol–water partition coefficient (Wildman–Crippen LogP) is 2.37. The second kappa shape index (κ2) is 7.81. The van der Waals surface area contributed by atoms with Gasteiger partial charge in [-0.15, -0.1) is 11.6 Å². The van der Waals surface area contributed by atoms with E-state index >= 15 is 0 Å². The number of hydrogen-bond acceptors (Lipinski definition) is 3. The van der Waals surface area contributed by atoms with Crippen molar-refractivity contribution in [3.63, 3.8) is 0 Å². The van der Waals surface area contributed by atoms with Gasteiger partial charge in [0.15, 0.2) is 0 Å². The van der Waals surface area contributed by atoms with E-state index in [4.69, 9.17) is 16.3 Å². The molecule has 0 aliphatic carbocycles. The largest absolute Gasteiger partial charge is 0.507 e. The molecule has 6 heteroatoms.